The largest absolute Gasteiger partial charge is 0.493 e. The maximum absolute atomic E-state index is 13.8. The third kappa shape index (κ3) is 9.74. The average molecular weight is 775 g/mol. The van der Waals surface area contributed by atoms with Crippen LogP contribution in [0.2, 0.25) is 0 Å². The number of carbonyl (C=O) groups is 3. The van der Waals surface area contributed by atoms with Gasteiger partial charge in [0.25, 0.3) is 21.9 Å². The van der Waals surface area contributed by atoms with E-state index in [0.717, 1.165) is 5.56 Å². The van der Waals surface area contributed by atoms with E-state index in [1.54, 1.807) is 49.0 Å². The molecule has 16 nitrogen and oxygen atoms in total. The molecule has 290 valence electrons. The number of carbonyl (C=O) groups excluding carboxylic acids is 3. The Morgan fingerprint density at radius 1 is 1.00 bits per heavy atom. The second kappa shape index (κ2) is 17.9. The summed E-state index contributed by atoms with van der Waals surface area (Å²) in [6, 6.07) is 20.3. The van der Waals surface area contributed by atoms with Crippen LogP contribution in [-0.2, 0) is 25.1 Å². The standard InChI is InChI=1S/C38H42N6O10S/c1-38(27-12-14-28(15-13-27)54-29-16-17-31(52-2)32(22-29)53-3)19-21-44(37(38)47)30(36(46)43-48)9-6-7-20-39-35(45)26-11-18-34(40-23-26)42-41-24-25-8-4-5-10-33(25)55(49,50)51/h4-5,8,10-18,22-24,30,48H,6-7,9,19-21H2,1-3H3,(H,39,45)(H,40,42)(H,43,46)(H,49,50,51)/b41-24-. The van der Waals surface area contributed by atoms with Crippen LogP contribution in [0, 0.1) is 0 Å². The average Bonchev–Trinajstić information content (AvgIpc) is 3.49. The SMILES string of the molecule is COc1ccc(Oc2ccc(C3(C)CCN(C(CCCCNC(=O)c4ccc(N/N=C\c5ccccc5S(=O)(=O)O)nc4)C(=O)NO)C3=O)cc2)cc1OC. The van der Waals surface area contributed by atoms with Crippen molar-refractivity contribution in [1.29, 1.82) is 0 Å². The first-order valence-electron chi connectivity index (χ1n) is 17.2. The normalized spacial score (nSPS) is 16.1. The molecule has 3 aromatic carbocycles. The highest BCUT2D eigenvalue weighted by atomic mass is 32.2. The number of hydroxylamine groups is 1. The van der Waals surface area contributed by atoms with Gasteiger partial charge >= 0.3 is 0 Å². The number of hydrazone groups is 1. The van der Waals surface area contributed by atoms with Gasteiger partial charge in [0.2, 0.25) is 5.91 Å². The van der Waals surface area contributed by atoms with Crippen LogP contribution in [0.3, 0.4) is 0 Å². The summed E-state index contributed by atoms with van der Waals surface area (Å²) in [4.78, 5) is 44.6. The van der Waals surface area contributed by atoms with Crippen molar-refractivity contribution < 1.29 is 46.8 Å². The van der Waals surface area contributed by atoms with E-state index < -0.39 is 27.5 Å². The molecule has 4 aromatic rings. The molecule has 1 aromatic heterocycles. The van der Waals surface area contributed by atoms with Crippen LogP contribution in [0.4, 0.5) is 5.82 Å². The van der Waals surface area contributed by atoms with Gasteiger partial charge in [-0.1, -0.05) is 30.3 Å². The van der Waals surface area contributed by atoms with Crippen molar-refractivity contribution in [2.45, 2.75) is 49.0 Å². The molecule has 2 heterocycles. The molecule has 5 rings (SSSR count). The Labute approximate surface area is 318 Å². The minimum Gasteiger partial charge on any atom is -0.493 e. The fraction of sp³-hybridized carbons (Fsp3) is 0.289. The molecule has 17 heteroatoms. The number of ether oxygens (including phenoxy) is 3. The third-order valence-corrected chi connectivity index (χ3v) is 10.2. The molecule has 0 spiro atoms. The Bertz CT molecular complexity index is 2130. The summed E-state index contributed by atoms with van der Waals surface area (Å²) >= 11 is 0. The number of likely N-dealkylation sites (tertiary alicyclic amines) is 1. The van der Waals surface area contributed by atoms with E-state index >= 15 is 0 Å². The van der Waals surface area contributed by atoms with Gasteiger partial charge in [0, 0.05) is 30.9 Å². The van der Waals surface area contributed by atoms with Crippen molar-refractivity contribution in [3.63, 3.8) is 0 Å². The van der Waals surface area contributed by atoms with E-state index in [2.05, 4.69) is 20.8 Å². The first-order chi connectivity index (χ1) is 26.4. The first-order valence-corrected chi connectivity index (χ1v) is 18.7. The van der Waals surface area contributed by atoms with Crippen molar-refractivity contribution in [2.24, 2.45) is 5.10 Å². The number of benzene rings is 3. The van der Waals surface area contributed by atoms with E-state index in [0.29, 0.717) is 48.8 Å². The number of nitrogens with zero attached hydrogens (tertiary/aromatic N) is 3. The second-order valence-electron chi connectivity index (χ2n) is 12.8. The van der Waals surface area contributed by atoms with E-state index in [4.69, 9.17) is 14.2 Å². The number of hydrogen-bond acceptors (Lipinski definition) is 12. The minimum atomic E-state index is -4.43. The number of nitrogens with one attached hydrogen (secondary N) is 3. The van der Waals surface area contributed by atoms with Crippen LogP contribution in [0.1, 0.15) is 54.1 Å². The van der Waals surface area contributed by atoms with Crippen molar-refractivity contribution in [3.8, 4) is 23.0 Å². The number of rotatable bonds is 17. The summed E-state index contributed by atoms with van der Waals surface area (Å²) < 4.78 is 49.1. The van der Waals surface area contributed by atoms with Crippen LogP contribution in [-0.4, -0.2) is 85.3 Å². The number of unbranched alkanes of at least 4 members (excludes halogenated alkanes) is 1. The minimum absolute atomic E-state index is 0.170. The molecule has 0 bridgehead atoms. The highest BCUT2D eigenvalue weighted by Gasteiger charge is 2.47. The van der Waals surface area contributed by atoms with E-state index in [1.807, 2.05) is 19.1 Å². The lowest BCUT2D eigenvalue weighted by molar-refractivity contribution is -0.144. The molecule has 2 unspecified atom stereocenters. The van der Waals surface area contributed by atoms with Gasteiger partial charge in [-0.3, -0.25) is 29.6 Å². The summed E-state index contributed by atoms with van der Waals surface area (Å²) in [5.41, 5.74) is 4.66. The molecule has 1 fully saturated rings. The Hall–Kier alpha value is -6.04. The lowest BCUT2D eigenvalue weighted by Gasteiger charge is -2.29. The van der Waals surface area contributed by atoms with Gasteiger partial charge in [0.15, 0.2) is 11.5 Å². The first kappa shape index (κ1) is 40.2. The van der Waals surface area contributed by atoms with E-state index in [1.165, 1.54) is 54.8 Å². The Morgan fingerprint density at radius 3 is 2.40 bits per heavy atom. The monoisotopic (exact) mass is 774 g/mol. The predicted molar refractivity (Wildman–Crippen MR) is 201 cm³/mol. The summed E-state index contributed by atoms with van der Waals surface area (Å²) in [5, 5.41) is 16.3. The predicted octanol–water partition coefficient (Wildman–Crippen LogP) is 4.55. The number of amides is 3. The molecule has 0 radical (unpaired) electrons. The summed E-state index contributed by atoms with van der Waals surface area (Å²) in [5.74, 6) is 1.20. The van der Waals surface area contributed by atoms with Gasteiger partial charge in [-0.05, 0) is 80.6 Å². The lowest BCUT2D eigenvalue weighted by atomic mass is 9.81. The molecule has 5 N–H and O–H groups in total. The quantitative estimate of drug-likeness (QED) is 0.0328. The van der Waals surface area contributed by atoms with Crippen molar-refractivity contribution in [2.75, 3.05) is 32.7 Å². The number of pyridine rings is 1. The second-order valence-corrected chi connectivity index (χ2v) is 14.2. The van der Waals surface area contributed by atoms with E-state index in [-0.39, 0.29) is 46.6 Å². The molecule has 1 aliphatic heterocycles. The van der Waals surface area contributed by atoms with Gasteiger partial charge < -0.3 is 24.4 Å². The highest BCUT2D eigenvalue weighted by molar-refractivity contribution is 7.86. The number of aromatic nitrogens is 1. The molecular formula is C38H42N6O10S. The highest BCUT2D eigenvalue weighted by Crippen LogP contribution is 2.39. The third-order valence-electron chi connectivity index (χ3n) is 9.25. The van der Waals surface area contributed by atoms with Crippen LogP contribution >= 0.6 is 0 Å². The number of methoxy groups -OCH3 is 2. The maximum atomic E-state index is 13.8. The van der Waals surface area contributed by atoms with Gasteiger partial charge in [0.05, 0.1) is 31.4 Å². The van der Waals surface area contributed by atoms with E-state index in [9.17, 15) is 32.6 Å². The van der Waals surface area contributed by atoms with Gasteiger partial charge in [-0.25, -0.2) is 10.5 Å². The molecular weight excluding hydrogens is 733 g/mol. The van der Waals surface area contributed by atoms with Gasteiger partial charge in [0.1, 0.15) is 28.3 Å². The molecule has 1 aliphatic rings. The molecule has 0 aliphatic carbocycles. The zero-order chi connectivity index (χ0) is 39.6. The number of hydrogen-bond donors (Lipinski definition) is 5. The van der Waals surface area contributed by atoms with Crippen molar-refractivity contribution >= 4 is 39.9 Å². The fourth-order valence-corrected chi connectivity index (χ4v) is 6.86. The fourth-order valence-electron chi connectivity index (χ4n) is 6.20. The molecule has 2 atom stereocenters. The smallest absolute Gasteiger partial charge is 0.295 e. The van der Waals surface area contributed by atoms with Crippen LogP contribution in [0.15, 0.2) is 95.1 Å². The molecule has 0 saturated carbocycles. The van der Waals surface area contributed by atoms with Crippen LogP contribution in [0.25, 0.3) is 0 Å². The Balaban J connectivity index is 1.10. The van der Waals surface area contributed by atoms with Crippen LogP contribution < -0.4 is 30.4 Å². The maximum Gasteiger partial charge on any atom is 0.295 e. The Kier molecular flexibility index (Phi) is 13.0. The summed E-state index contributed by atoms with van der Waals surface area (Å²) in [6.45, 7) is 2.43. The topological polar surface area (TPSA) is 218 Å². The van der Waals surface area contributed by atoms with Crippen LogP contribution in [0.5, 0.6) is 23.0 Å². The lowest BCUT2D eigenvalue weighted by Crippen LogP contribution is -2.49. The summed E-state index contributed by atoms with van der Waals surface area (Å²) in [7, 11) is -1.34. The zero-order valence-electron chi connectivity index (χ0n) is 30.4. The number of anilines is 1. The Morgan fingerprint density at radius 2 is 1.73 bits per heavy atom. The summed E-state index contributed by atoms with van der Waals surface area (Å²) in [6.07, 6.45) is 4.25. The van der Waals surface area contributed by atoms with Gasteiger partial charge in [-0.2, -0.15) is 13.5 Å². The molecule has 3 amide bonds. The van der Waals surface area contributed by atoms with Crippen molar-refractivity contribution in [1.82, 2.24) is 20.7 Å². The zero-order valence-corrected chi connectivity index (χ0v) is 31.2. The van der Waals surface area contributed by atoms with Gasteiger partial charge in [-0.15, -0.1) is 0 Å². The molecule has 55 heavy (non-hydrogen) atoms. The molecule has 1 saturated heterocycles. The van der Waals surface area contributed by atoms with Crippen molar-refractivity contribution in [3.05, 3.63) is 102 Å².